The summed E-state index contributed by atoms with van der Waals surface area (Å²) in [7, 11) is 1.51. The molecule has 4 rings (SSSR count). The fourth-order valence-electron chi connectivity index (χ4n) is 2.67. The Morgan fingerprint density at radius 2 is 1.96 bits per heavy atom. The zero-order valence-electron chi connectivity index (χ0n) is 12.3. The second kappa shape index (κ2) is 5.24. The number of anilines is 1. The summed E-state index contributed by atoms with van der Waals surface area (Å²) in [4.78, 5) is 4.60. The van der Waals surface area contributed by atoms with Gasteiger partial charge in [-0.1, -0.05) is 24.3 Å². The van der Waals surface area contributed by atoms with Gasteiger partial charge in [-0.25, -0.2) is 9.38 Å². The Morgan fingerprint density at radius 1 is 1.09 bits per heavy atom. The number of rotatable bonds is 2. The second-order valence-corrected chi connectivity index (χ2v) is 5.08. The maximum absolute atomic E-state index is 14.4. The average Bonchev–Trinajstić information content (AvgIpc) is 2.96. The number of aromatic amines is 1. The van der Waals surface area contributed by atoms with Crippen LogP contribution in [0, 0.1) is 5.82 Å². The number of halogens is 1. The number of nitrogens with one attached hydrogen (secondary N) is 2. The van der Waals surface area contributed by atoms with E-state index in [-0.39, 0.29) is 0 Å². The number of methoxy groups -OCH3 is 1. The monoisotopic (exact) mass is 308 g/mol. The van der Waals surface area contributed by atoms with Crippen molar-refractivity contribution in [2.75, 3.05) is 12.4 Å². The van der Waals surface area contributed by atoms with Gasteiger partial charge in [0, 0.05) is 5.56 Å². The second-order valence-electron chi connectivity index (χ2n) is 5.08. The highest BCUT2D eigenvalue weighted by molar-refractivity contribution is 6.14. The SMILES string of the molecule is COc1cccc(F)c1C1=Nc2ccccc2-c2[nH]ncc2N1. The van der Waals surface area contributed by atoms with E-state index in [4.69, 9.17) is 4.74 Å². The number of fused-ring (bicyclic) bond motifs is 3. The maximum atomic E-state index is 14.4. The van der Waals surface area contributed by atoms with Crippen LogP contribution >= 0.6 is 0 Å². The van der Waals surface area contributed by atoms with E-state index in [1.165, 1.54) is 13.2 Å². The first-order valence-electron chi connectivity index (χ1n) is 7.09. The predicted molar refractivity (Wildman–Crippen MR) is 86.8 cm³/mol. The van der Waals surface area contributed by atoms with Crippen LogP contribution < -0.4 is 10.1 Å². The molecule has 0 atom stereocenters. The van der Waals surface area contributed by atoms with Crippen LogP contribution in [0.4, 0.5) is 15.8 Å². The van der Waals surface area contributed by atoms with Crippen molar-refractivity contribution in [1.29, 1.82) is 0 Å². The molecule has 0 bridgehead atoms. The number of hydrogen-bond acceptors (Lipinski definition) is 4. The molecule has 2 aromatic carbocycles. The molecule has 3 aromatic rings. The summed E-state index contributed by atoms with van der Waals surface area (Å²) in [6.45, 7) is 0. The highest BCUT2D eigenvalue weighted by Gasteiger charge is 2.22. The first-order chi connectivity index (χ1) is 11.3. The van der Waals surface area contributed by atoms with Crippen LogP contribution in [0.3, 0.4) is 0 Å². The molecular weight excluding hydrogens is 295 g/mol. The highest BCUT2D eigenvalue weighted by atomic mass is 19.1. The van der Waals surface area contributed by atoms with E-state index in [0.29, 0.717) is 17.1 Å². The van der Waals surface area contributed by atoms with Gasteiger partial charge in [0.1, 0.15) is 17.4 Å². The van der Waals surface area contributed by atoms with E-state index >= 15 is 0 Å². The summed E-state index contributed by atoms with van der Waals surface area (Å²) in [6, 6.07) is 12.3. The van der Waals surface area contributed by atoms with Gasteiger partial charge in [-0.2, -0.15) is 5.10 Å². The third-order valence-electron chi connectivity index (χ3n) is 3.73. The number of hydrogen-bond donors (Lipinski definition) is 2. The third-order valence-corrected chi connectivity index (χ3v) is 3.73. The molecule has 6 heteroatoms. The lowest BCUT2D eigenvalue weighted by Gasteiger charge is -2.12. The van der Waals surface area contributed by atoms with Crippen molar-refractivity contribution in [3.05, 3.63) is 60.0 Å². The van der Waals surface area contributed by atoms with Gasteiger partial charge >= 0.3 is 0 Å². The number of H-pyrrole nitrogens is 1. The summed E-state index contributed by atoms with van der Waals surface area (Å²) in [6.07, 6.45) is 1.65. The molecule has 5 nitrogen and oxygen atoms in total. The zero-order chi connectivity index (χ0) is 15.8. The van der Waals surface area contributed by atoms with Crippen molar-refractivity contribution < 1.29 is 9.13 Å². The van der Waals surface area contributed by atoms with Crippen molar-refractivity contribution in [1.82, 2.24) is 10.2 Å². The minimum absolute atomic E-state index is 0.291. The van der Waals surface area contributed by atoms with Gasteiger partial charge in [-0.15, -0.1) is 0 Å². The molecule has 0 saturated heterocycles. The topological polar surface area (TPSA) is 62.3 Å². The van der Waals surface area contributed by atoms with Crippen molar-refractivity contribution in [3.63, 3.8) is 0 Å². The van der Waals surface area contributed by atoms with Gasteiger partial charge in [-0.05, 0) is 18.2 Å². The van der Waals surface area contributed by atoms with E-state index in [9.17, 15) is 4.39 Å². The molecule has 0 saturated carbocycles. The number of para-hydroxylation sites is 1. The van der Waals surface area contributed by atoms with Gasteiger partial charge in [0.15, 0.2) is 0 Å². The van der Waals surface area contributed by atoms with E-state index in [2.05, 4.69) is 20.5 Å². The van der Waals surface area contributed by atoms with Crippen LogP contribution in [-0.2, 0) is 0 Å². The molecule has 23 heavy (non-hydrogen) atoms. The molecule has 1 aliphatic heterocycles. The number of benzene rings is 2. The van der Waals surface area contributed by atoms with Crippen LogP contribution in [0.15, 0.2) is 53.7 Å². The smallest absolute Gasteiger partial charge is 0.145 e. The maximum Gasteiger partial charge on any atom is 0.145 e. The van der Waals surface area contributed by atoms with Crippen molar-refractivity contribution in [3.8, 4) is 17.0 Å². The summed E-state index contributed by atoms with van der Waals surface area (Å²) < 4.78 is 19.7. The van der Waals surface area contributed by atoms with Crippen molar-refractivity contribution >= 4 is 17.2 Å². The molecule has 2 heterocycles. The number of aromatic nitrogens is 2. The van der Waals surface area contributed by atoms with Crippen LogP contribution in [0.1, 0.15) is 5.56 Å². The van der Waals surface area contributed by atoms with Gasteiger partial charge in [-0.3, -0.25) is 5.10 Å². The van der Waals surface area contributed by atoms with Crippen LogP contribution in [0.2, 0.25) is 0 Å². The Bertz CT molecular complexity index is 916. The normalized spacial score (nSPS) is 12.5. The van der Waals surface area contributed by atoms with Crippen LogP contribution in [-0.4, -0.2) is 23.1 Å². The highest BCUT2D eigenvalue weighted by Crippen LogP contribution is 2.37. The first kappa shape index (κ1) is 13.5. The lowest BCUT2D eigenvalue weighted by molar-refractivity contribution is 0.410. The number of nitrogens with zero attached hydrogens (tertiary/aromatic N) is 2. The Hall–Kier alpha value is -3.15. The van der Waals surface area contributed by atoms with Gasteiger partial charge in [0.05, 0.1) is 35.9 Å². The molecule has 2 N–H and O–H groups in total. The number of aliphatic imine (C=N–C) groups is 1. The molecule has 0 unspecified atom stereocenters. The molecule has 0 amide bonds. The van der Waals surface area contributed by atoms with Crippen LogP contribution in [0.25, 0.3) is 11.3 Å². The first-order valence-corrected chi connectivity index (χ1v) is 7.09. The quantitative estimate of drug-likeness (QED) is 0.758. The van der Waals surface area contributed by atoms with E-state index < -0.39 is 5.82 Å². The molecule has 0 spiro atoms. The summed E-state index contributed by atoms with van der Waals surface area (Å²) in [5.74, 6) is 0.397. The van der Waals surface area contributed by atoms with Gasteiger partial charge < -0.3 is 10.1 Å². The van der Waals surface area contributed by atoms with E-state index in [1.807, 2.05) is 24.3 Å². The molecule has 0 aliphatic carbocycles. The minimum atomic E-state index is -0.403. The Morgan fingerprint density at radius 3 is 2.83 bits per heavy atom. The molecule has 1 aromatic heterocycles. The van der Waals surface area contributed by atoms with Crippen LogP contribution in [0.5, 0.6) is 5.75 Å². The zero-order valence-corrected chi connectivity index (χ0v) is 12.3. The molecule has 0 fully saturated rings. The fourth-order valence-corrected chi connectivity index (χ4v) is 2.67. The largest absolute Gasteiger partial charge is 0.496 e. The molecule has 0 radical (unpaired) electrons. The average molecular weight is 308 g/mol. The Balaban J connectivity index is 1.98. The minimum Gasteiger partial charge on any atom is -0.496 e. The Kier molecular flexibility index (Phi) is 3.08. The lowest BCUT2D eigenvalue weighted by Crippen LogP contribution is -2.15. The molecule has 1 aliphatic rings. The predicted octanol–water partition coefficient (Wildman–Crippen LogP) is 3.73. The van der Waals surface area contributed by atoms with Crippen molar-refractivity contribution in [2.45, 2.75) is 0 Å². The lowest BCUT2D eigenvalue weighted by atomic mass is 10.1. The third kappa shape index (κ3) is 2.15. The number of amidine groups is 1. The van der Waals surface area contributed by atoms with E-state index in [1.54, 1.807) is 18.3 Å². The molecular formula is C17H13FN4O. The van der Waals surface area contributed by atoms with Gasteiger partial charge in [0.25, 0.3) is 0 Å². The number of ether oxygens (including phenoxy) is 1. The summed E-state index contributed by atoms with van der Waals surface area (Å²) in [5.41, 5.74) is 3.47. The fraction of sp³-hybridized carbons (Fsp3) is 0.0588. The Labute approximate surface area is 131 Å². The molecule has 114 valence electrons. The van der Waals surface area contributed by atoms with Gasteiger partial charge in [0.2, 0.25) is 0 Å². The van der Waals surface area contributed by atoms with Crippen molar-refractivity contribution in [2.24, 2.45) is 4.99 Å². The van der Waals surface area contributed by atoms with E-state index in [0.717, 1.165) is 22.6 Å². The summed E-state index contributed by atoms with van der Waals surface area (Å²) in [5, 5.41) is 10.2. The summed E-state index contributed by atoms with van der Waals surface area (Å²) >= 11 is 0. The standard InChI is InChI=1S/C17H13FN4O/c1-23-14-8-4-6-11(18)15(14)17-20-12-7-3-2-5-10(12)16-13(21-17)9-19-22-16/h2-9H,1H3,(H,19,22)(H,20,21).